The van der Waals surface area contributed by atoms with Gasteiger partial charge in [0.25, 0.3) is 0 Å². The molecule has 2 heterocycles. The summed E-state index contributed by atoms with van der Waals surface area (Å²) in [4.78, 5) is 35.5. The molecule has 1 aliphatic rings. The Morgan fingerprint density at radius 2 is 2.00 bits per heavy atom. The van der Waals surface area contributed by atoms with E-state index in [9.17, 15) is 19.5 Å². The summed E-state index contributed by atoms with van der Waals surface area (Å²) in [7, 11) is 0. The molecule has 0 bridgehead atoms. The second-order valence-corrected chi connectivity index (χ2v) is 6.26. The number of primary amides is 2. The van der Waals surface area contributed by atoms with Crippen LogP contribution in [0.3, 0.4) is 0 Å². The molecule has 0 radical (unpaired) electrons. The van der Waals surface area contributed by atoms with Crippen LogP contribution >= 0.6 is 31.9 Å². The van der Waals surface area contributed by atoms with Crippen LogP contribution in [0.1, 0.15) is 6.42 Å². The van der Waals surface area contributed by atoms with Crippen molar-refractivity contribution in [2.45, 2.75) is 18.0 Å². The zero-order valence-corrected chi connectivity index (χ0v) is 13.7. The van der Waals surface area contributed by atoms with Gasteiger partial charge in [-0.25, -0.2) is 9.48 Å². The van der Waals surface area contributed by atoms with Crippen LogP contribution in [-0.4, -0.2) is 50.3 Å². The fraction of sp³-hybridized carbons (Fsp3) is 0.400. The zero-order chi connectivity index (χ0) is 15.9. The molecule has 0 saturated carbocycles. The van der Waals surface area contributed by atoms with E-state index >= 15 is 0 Å². The Balaban J connectivity index is 2.55. The van der Waals surface area contributed by atoms with Crippen LogP contribution in [0.4, 0.5) is 4.79 Å². The molecule has 1 aromatic rings. The molecule has 5 N–H and O–H groups in total. The predicted molar refractivity (Wildman–Crippen MR) is 77.1 cm³/mol. The molecular formula is C10H11Br2N5O4. The van der Waals surface area contributed by atoms with Gasteiger partial charge in [0.05, 0.1) is 6.54 Å². The lowest BCUT2D eigenvalue weighted by atomic mass is 9.95. The molecule has 1 unspecified atom stereocenters. The Morgan fingerprint density at radius 3 is 2.33 bits per heavy atom. The third kappa shape index (κ3) is 2.50. The summed E-state index contributed by atoms with van der Waals surface area (Å²) in [6, 6.07) is 0.429. The molecule has 114 valence electrons. The van der Waals surface area contributed by atoms with Crippen molar-refractivity contribution in [3.8, 4) is 0 Å². The van der Waals surface area contributed by atoms with Crippen molar-refractivity contribution in [3.63, 3.8) is 0 Å². The van der Waals surface area contributed by atoms with Gasteiger partial charge in [0.15, 0.2) is 5.54 Å². The molecule has 0 aromatic carbocycles. The van der Waals surface area contributed by atoms with Crippen LogP contribution in [-0.2, 0) is 15.1 Å². The van der Waals surface area contributed by atoms with Crippen LogP contribution in [0.2, 0.25) is 0 Å². The molecule has 1 aromatic heterocycles. The van der Waals surface area contributed by atoms with E-state index in [1.807, 2.05) is 0 Å². The van der Waals surface area contributed by atoms with E-state index in [0.717, 1.165) is 4.90 Å². The number of carbonyl (C=O) groups excluding carboxylic acids is 2. The largest absolute Gasteiger partial charge is 0.465 e. The van der Waals surface area contributed by atoms with Gasteiger partial charge in [0.1, 0.15) is 15.2 Å². The van der Waals surface area contributed by atoms with E-state index in [1.54, 1.807) is 6.07 Å². The van der Waals surface area contributed by atoms with E-state index in [1.165, 1.54) is 4.68 Å². The molecule has 21 heavy (non-hydrogen) atoms. The van der Waals surface area contributed by atoms with Crippen molar-refractivity contribution in [2.24, 2.45) is 11.5 Å². The number of nitrogens with zero attached hydrogens (tertiary/aromatic N) is 3. The first-order valence-corrected chi connectivity index (χ1v) is 7.28. The van der Waals surface area contributed by atoms with Gasteiger partial charge in [-0.05, 0) is 31.9 Å². The lowest BCUT2D eigenvalue weighted by molar-refractivity contribution is -0.126. The topological polar surface area (TPSA) is 145 Å². The van der Waals surface area contributed by atoms with E-state index in [-0.39, 0.29) is 13.0 Å². The van der Waals surface area contributed by atoms with Crippen molar-refractivity contribution in [1.29, 1.82) is 0 Å². The molecule has 1 fully saturated rings. The first-order valence-electron chi connectivity index (χ1n) is 5.69. The van der Waals surface area contributed by atoms with E-state index in [4.69, 9.17) is 11.5 Å². The Kier molecular flexibility index (Phi) is 3.97. The molecule has 1 saturated heterocycles. The highest BCUT2D eigenvalue weighted by Crippen LogP contribution is 2.36. The molecular weight excluding hydrogens is 414 g/mol. The van der Waals surface area contributed by atoms with Crippen molar-refractivity contribution in [3.05, 3.63) is 15.3 Å². The van der Waals surface area contributed by atoms with Gasteiger partial charge >= 0.3 is 6.09 Å². The number of amides is 3. The minimum Gasteiger partial charge on any atom is -0.465 e. The van der Waals surface area contributed by atoms with Crippen molar-refractivity contribution >= 4 is 49.8 Å². The summed E-state index contributed by atoms with van der Waals surface area (Å²) in [6.07, 6.45) is -1.53. The smallest absolute Gasteiger partial charge is 0.408 e. The number of aromatic nitrogens is 2. The number of hydrogen-bond donors (Lipinski definition) is 3. The summed E-state index contributed by atoms with van der Waals surface area (Å²) >= 11 is 6.38. The number of carbonyl (C=O) groups is 3. The van der Waals surface area contributed by atoms with Crippen LogP contribution in [0.25, 0.3) is 0 Å². The van der Waals surface area contributed by atoms with Crippen molar-refractivity contribution < 1.29 is 19.5 Å². The minimum absolute atomic E-state index is 0.170. The van der Waals surface area contributed by atoms with Gasteiger partial charge < -0.3 is 16.6 Å². The SMILES string of the molecule is NC(=O)[C@@H]1CC(C(N)=O)(n2nc(Br)cc2Br)CN1C(=O)O. The van der Waals surface area contributed by atoms with Crippen LogP contribution in [0, 0.1) is 0 Å². The van der Waals surface area contributed by atoms with Gasteiger partial charge in [-0.2, -0.15) is 5.10 Å². The van der Waals surface area contributed by atoms with Crippen LogP contribution in [0.15, 0.2) is 15.3 Å². The molecule has 0 aliphatic carbocycles. The number of nitrogens with two attached hydrogens (primary N) is 2. The highest BCUT2D eigenvalue weighted by Gasteiger charge is 2.54. The Morgan fingerprint density at radius 1 is 1.38 bits per heavy atom. The lowest BCUT2D eigenvalue weighted by Crippen LogP contribution is -2.49. The third-order valence-electron chi connectivity index (χ3n) is 3.41. The highest BCUT2D eigenvalue weighted by molar-refractivity contribution is 9.11. The Bertz CT molecular complexity index is 609. The predicted octanol–water partition coefficient (Wildman–Crippen LogP) is -0.174. The number of likely N-dealkylation sites (tertiary alicyclic amines) is 1. The quantitative estimate of drug-likeness (QED) is 0.616. The summed E-state index contributed by atoms with van der Waals surface area (Å²) < 4.78 is 2.11. The first-order chi connectivity index (χ1) is 9.69. The molecule has 3 amide bonds. The van der Waals surface area contributed by atoms with Crippen LogP contribution < -0.4 is 11.5 Å². The second-order valence-electron chi connectivity index (χ2n) is 4.63. The van der Waals surface area contributed by atoms with Gasteiger partial charge in [-0.15, -0.1) is 0 Å². The lowest BCUT2D eigenvalue weighted by Gasteiger charge is -2.26. The number of carboxylic acid groups (broad SMARTS) is 1. The van der Waals surface area contributed by atoms with Crippen molar-refractivity contribution in [2.75, 3.05) is 6.54 Å². The van der Waals surface area contributed by atoms with Gasteiger partial charge in [-0.1, -0.05) is 0 Å². The molecule has 11 heteroatoms. The molecule has 0 spiro atoms. The van der Waals surface area contributed by atoms with Gasteiger partial charge in [0, 0.05) is 12.5 Å². The molecule has 1 aliphatic heterocycles. The summed E-state index contributed by atoms with van der Waals surface area (Å²) in [6.45, 7) is -0.308. The molecule has 9 nitrogen and oxygen atoms in total. The first kappa shape index (κ1) is 15.8. The maximum Gasteiger partial charge on any atom is 0.408 e. The second kappa shape index (κ2) is 5.30. The zero-order valence-electron chi connectivity index (χ0n) is 10.5. The average molecular weight is 425 g/mol. The van der Waals surface area contributed by atoms with E-state index < -0.39 is 29.5 Å². The fourth-order valence-electron chi connectivity index (χ4n) is 2.41. The van der Waals surface area contributed by atoms with Crippen molar-refractivity contribution in [1.82, 2.24) is 14.7 Å². The fourth-order valence-corrected chi connectivity index (χ4v) is 3.73. The summed E-state index contributed by atoms with van der Waals surface area (Å²) in [5.41, 5.74) is 9.20. The van der Waals surface area contributed by atoms with E-state index in [0.29, 0.717) is 9.21 Å². The Labute approximate surface area is 135 Å². The van der Waals surface area contributed by atoms with E-state index in [2.05, 4.69) is 37.0 Å². The third-order valence-corrected chi connectivity index (χ3v) is 4.37. The number of halogens is 2. The standard InChI is InChI=1S/C10H11Br2N5O4/c11-5-1-6(12)17(15-5)10(8(14)19)2-4(7(13)18)16(3-10)9(20)21/h1,4H,2-3H2,(H2,13,18)(H2,14,19)(H,20,21)/t4-,10?/m0/s1. The van der Waals surface area contributed by atoms with Gasteiger partial charge in [0.2, 0.25) is 11.8 Å². The van der Waals surface area contributed by atoms with Crippen LogP contribution in [0.5, 0.6) is 0 Å². The minimum atomic E-state index is -1.48. The summed E-state index contributed by atoms with van der Waals surface area (Å²) in [5.74, 6) is -1.64. The molecule has 2 atom stereocenters. The highest BCUT2D eigenvalue weighted by atomic mass is 79.9. The summed E-state index contributed by atoms with van der Waals surface area (Å²) in [5, 5.41) is 13.3. The normalized spacial score (nSPS) is 25.0. The number of hydrogen-bond acceptors (Lipinski definition) is 4. The maximum atomic E-state index is 12.0. The monoisotopic (exact) mass is 423 g/mol. The Hall–Kier alpha value is -1.62. The molecule has 2 rings (SSSR count). The average Bonchev–Trinajstić information content (AvgIpc) is 2.91. The number of rotatable bonds is 3. The maximum absolute atomic E-state index is 12.0. The van der Waals surface area contributed by atoms with Gasteiger partial charge in [-0.3, -0.25) is 14.5 Å².